The van der Waals surface area contributed by atoms with Crippen molar-refractivity contribution in [1.29, 1.82) is 0 Å². The van der Waals surface area contributed by atoms with Crippen LogP contribution in [0, 0.1) is 0 Å². The number of hydrogen-bond acceptors (Lipinski definition) is 6. The topological polar surface area (TPSA) is 78.1 Å². The molecule has 6 heteroatoms. The zero-order valence-electron chi connectivity index (χ0n) is 77.5. The lowest BCUT2D eigenvalue weighted by molar-refractivity contribution is 0.669. The zero-order chi connectivity index (χ0) is 94.1. The van der Waals surface area contributed by atoms with Gasteiger partial charge in [-0.05, 0) is 260 Å². The second kappa shape index (κ2) is 34.0. The summed E-state index contributed by atoms with van der Waals surface area (Å²) in [5.74, 6) is 0. The molecule has 24 aromatic carbocycles. The Morgan fingerprint density at radius 3 is 0.720 bits per heavy atom. The van der Waals surface area contributed by atoms with E-state index in [0.717, 1.165) is 132 Å². The lowest BCUT2D eigenvalue weighted by Crippen LogP contribution is -1.92. The van der Waals surface area contributed by atoms with Gasteiger partial charge in [0.25, 0.3) is 0 Å². The van der Waals surface area contributed by atoms with Gasteiger partial charge in [-0.15, -0.1) is 0 Å². The second-order valence-electron chi connectivity index (χ2n) is 37.1. The maximum Gasteiger partial charge on any atom is 0.162 e. The predicted molar refractivity (Wildman–Crippen MR) is 601 cm³/mol. The molecule has 0 bridgehead atoms. The van der Waals surface area contributed by atoms with Crippen LogP contribution in [0.25, 0.3) is 296 Å². The van der Waals surface area contributed by atoms with Crippen molar-refractivity contribution in [2.75, 3.05) is 0 Å². The zero-order valence-corrected chi connectivity index (χ0v) is 77.5. The van der Waals surface area contributed by atoms with Crippen LogP contribution in [-0.4, -0.2) is 15.0 Å². The Balaban J connectivity index is 0.000000105. The van der Waals surface area contributed by atoms with Crippen LogP contribution < -0.4 is 0 Å². The van der Waals surface area contributed by atoms with Gasteiger partial charge in [0.05, 0.1) is 16.6 Å². The molecule has 6 heterocycles. The summed E-state index contributed by atoms with van der Waals surface area (Å²) in [5.41, 5.74) is 34.3. The van der Waals surface area contributed by atoms with Gasteiger partial charge in [-0.25, -0.2) is 15.0 Å². The smallest absolute Gasteiger partial charge is 0.162 e. The van der Waals surface area contributed by atoms with Crippen LogP contribution in [0.5, 0.6) is 0 Å². The first-order valence-electron chi connectivity index (χ1n) is 48.8. The van der Waals surface area contributed by atoms with Gasteiger partial charge in [0, 0.05) is 49.0 Å². The first kappa shape index (κ1) is 82.3. The second-order valence-corrected chi connectivity index (χ2v) is 37.1. The van der Waals surface area contributed by atoms with E-state index in [9.17, 15) is 0 Å². The van der Waals surface area contributed by atoms with E-state index in [0.29, 0.717) is 0 Å². The Labute approximate surface area is 822 Å². The minimum atomic E-state index is 0.820. The molecule has 0 radical (unpaired) electrons. The van der Waals surface area contributed by atoms with Gasteiger partial charge in [0.1, 0.15) is 33.3 Å². The van der Waals surface area contributed by atoms with Gasteiger partial charge in [0.2, 0.25) is 0 Å². The van der Waals surface area contributed by atoms with Gasteiger partial charge in [-0.3, -0.25) is 0 Å². The molecule has 664 valence electrons. The van der Waals surface area contributed by atoms with Crippen molar-refractivity contribution in [2.24, 2.45) is 0 Å². The molecular weight excluding hydrogens is 1740 g/mol. The standard InChI is InChI=1S/C47H29NO.2C45H27NO/c1-2-13-30(14-3-1)31-25-27-32(28-26-31)43-35-17-4-6-19-37(35)44(38-20-7-5-18-36(38)43)33-15-12-16-34(29-33)45-39-21-8-10-23-41(39)48-46-40-22-9-11-24-42(40)49-47(45)46;1-2-17-31-28(13-1)14-12-24-32(31)43-35-20-5-3-18-33(35)41(34-19-4-6-21-36(34)43)29-15-11-16-30(27-29)42-37-22-7-9-25-39(37)46-44-38-23-8-10-26-40(38)47-45(42)44;1-2-13-29-26-32(25-24-28(29)12-1)42-35-18-5-3-16-33(35)41(34-17-4-6-19-36(34)42)30-14-11-15-31(27-30)43-37-20-7-9-22-39(37)46-44-38-21-8-10-23-40(38)47-45(43)44/h1-29H;2*1-27H. The molecule has 143 heavy (non-hydrogen) atoms. The quantitative estimate of drug-likeness (QED) is 0.127. The molecule has 0 aliphatic rings. The van der Waals surface area contributed by atoms with Gasteiger partial charge in [-0.2, -0.15) is 0 Å². The van der Waals surface area contributed by atoms with E-state index in [-0.39, 0.29) is 0 Å². The average molecular weight is 1820 g/mol. The third kappa shape index (κ3) is 13.7. The van der Waals surface area contributed by atoms with Gasteiger partial charge < -0.3 is 13.3 Å². The van der Waals surface area contributed by atoms with Crippen LogP contribution >= 0.6 is 0 Å². The Morgan fingerprint density at radius 1 is 0.126 bits per heavy atom. The Hall–Kier alpha value is -19.0. The van der Waals surface area contributed by atoms with E-state index in [4.69, 9.17) is 28.2 Å². The number of furan rings is 3. The molecule has 0 saturated carbocycles. The summed E-state index contributed by atoms with van der Waals surface area (Å²) >= 11 is 0. The lowest BCUT2D eigenvalue weighted by atomic mass is 9.84. The van der Waals surface area contributed by atoms with Gasteiger partial charge >= 0.3 is 0 Å². The first-order valence-corrected chi connectivity index (χ1v) is 48.8. The third-order valence-corrected chi connectivity index (χ3v) is 29.1. The highest BCUT2D eigenvalue weighted by Gasteiger charge is 2.28. The highest BCUT2D eigenvalue weighted by atomic mass is 16.3. The van der Waals surface area contributed by atoms with Gasteiger partial charge in [0.15, 0.2) is 16.7 Å². The van der Waals surface area contributed by atoms with Crippen LogP contribution in [0.2, 0.25) is 0 Å². The minimum absolute atomic E-state index is 0.820. The van der Waals surface area contributed by atoms with Crippen molar-refractivity contribution in [3.8, 4) is 111 Å². The van der Waals surface area contributed by atoms with Crippen LogP contribution in [-0.2, 0) is 0 Å². The number of pyridine rings is 3. The summed E-state index contributed by atoms with van der Waals surface area (Å²) < 4.78 is 19.7. The lowest BCUT2D eigenvalue weighted by Gasteiger charge is -2.19. The molecule has 0 aliphatic carbocycles. The highest BCUT2D eigenvalue weighted by molar-refractivity contribution is 6.28. The van der Waals surface area contributed by atoms with E-state index in [1.54, 1.807) is 0 Å². The van der Waals surface area contributed by atoms with Crippen molar-refractivity contribution in [3.05, 3.63) is 504 Å². The third-order valence-electron chi connectivity index (χ3n) is 29.1. The molecule has 0 saturated heterocycles. The van der Waals surface area contributed by atoms with E-state index in [2.05, 4.69) is 449 Å². The summed E-state index contributed by atoms with van der Waals surface area (Å²) in [7, 11) is 0. The molecule has 0 atom stereocenters. The fourth-order valence-corrected chi connectivity index (χ4v) is 22.8. The number of fused-ring (bicyclic) bond motifs is 20. The summed E-state index contributed by atoms with van der Waals surface area (Å²) in [6.45, 7) is 0. The molecule has 0 spiro atoms. The molecule has 0 aliphatic heterocycles. The largest absolute Gasteiger partial charge is 0.454 e. The summed E-state index contributed by atoms with van der Waals surface area (Å²) in [5, 5.41) is 26.2. The van der Waals surface area contributed by atoms with Crippen molar-refractivity contribution >= 4 is 185 Å². The highest BCUT2D eigenvalue weighted by Crippen LogP contribution is 2.53. The normalized spacial score (nSPS) is 11.8. The fourth-order valence-electron chi connectivity index (χ4n) is 22.8. The number of hydrogen-bond donors (Lipinski definition) is 0. The molecule has 0 unspecified atom stereocenters. The number of benzene rings is 24. The Kier molecular flexibility index (Phi) is 19.6. The van der Waals surface area contributed by atoms with Crippen molar-refractivity contribution in [2.45, 2.75) is 0 Å². The molecule has 6 nitrogen and oxygen atoms in total. The first-order chi connectivity index (χ1) is 71.0. The van der Waals surface area contributed by atoms with Crippen molar-refractivity contribution in [1.82, 2.24) is 15.0 Å². The maximum absolute atomic E-state index is 6.57. The number of rotatable bonds is 10. The molecule has 0 fully saturated rings. The van der Waals surface area contributed by atoms with E-state index >= 15 is 0 Å². The Bertz CT molecular complexity index is 10300. The number of para-hydroxylation sites is 6. The van der Waals surface area contributed by atoms with Crippen LogP contribution in [0.3, 0.4) is 0 Å². The SMILES string of the molecule is c1cc(-c2c3ccccc3c(-c3ccc4ccccc4c3)c3ccccc23)cc(-c2c3ccccc3nc3c2oc2ccccc23)c1.c1cc(-c2c3ccccc3c(-c3cccc4ccccc34)c3ccccc23)cc(-c2c3ccccc3nc3c2oc2ccccc23)c1.c1ccc(-c2ccc(-c3c4ccccc4c(-c4cccc(-c5c6ccccc6nc6c5oc5ccccc56)c4)c4ccccc34)cc2)cc1. The van der Waals surface area contributed by atoms with Crippen LogP contribution in [0.1, 0.15) is 0 Å². The number of nitrogens with zero attached hydrogens (tertiary/aromatic N) is 3. The minimum Gasteiger partial charge on any atom is -0.454 e. The van der Waals surface area contributed by atoms with E-state index < -0.39 is 0 Å². The van der Waals surface area contributed by atoms with Crippen molar-refractivity contribution in [3.63, 3.8) is 0 Å². The molecule has 6 aromatic heterocycles. The molecule has 0 N–H and O–H groups in total. The predicted octanol–water partition coefficient (Wildman–Crippen LogP) is 38.3. The molecular formula is C137H83N3O3. The Morgan fingerprint density at radius 2 is 0.357 bits per heavy atom. The fraction of sp³-hybridized carbons (Fsp3) is 0. The van der Waals surface area contributed by atoms with Crippen molar-refractivity contribution < 1.29 is 13.3 Å². The molecule has 0 amide bonds. The van der Waals surface area contributed by atoms with E-state index in [1.807, 2.05) is 54.6 Å². The monoisotopic (exact) mass is 1820 g/mol. The van der Waals surface area contributed by atoms with E-state index in [1.165, 1.54) is 164 Å². The average Bonchev–Trinajstić information content (AvgIpc) is 1.52. The summed E-state index contributed by atoms with van der Waals surface area (Å²) in [4.78, 5) is 15.2. The summed E-state index contributed by atoms with van der Waals surface area (Å²) in [6, 6.07) is 180. The summed E-state index contributed by atoms with van der Waals surface area (Å²) in [6.07, 6.45) is 0. The van der Waals surface area contributed by atoms with Gasteiger partial charge in [-0.1, -0.05) is 425 Å². The van der Waals surface area contributed by atoms with Crippen LogP contribution in [0.4, 0.5) is 0 Å². The molecule has 30 rings (SSSR count). The maximum atomic E-state index is 6.57. The van der Waals surface area contributed by atoms with Crippen LogP contribution in [0.15, 0.2) is 517 Å². The number of aromatic nitrogens is 3. The molecule has 30 aromatic rings.